The molecule has 1 amide bonds. The number of fused-ring (bicyclic) bond motifs is 3. The number of amides is 1. The van der Waals surface area contributed by atoms with E-state index in [0.717, 1.165) is 46.4 Å². The molecule has 0 spiro atoms. The Morgan fingerprint density at radius 3 is 2.85 bits per heavy atom. The number of rotatable bonds is 7. The second-order valence-electron chi connectivity index (χ2n) is 8.62. The van der Waals surface area contributed by atoms with Gasteiger partial charge >= 0.3 is 0 Å². The third kappa shape index (κ3) is 4.35. The van der Waals surface area contributed by atoms with Gasteiger partial charge in [-0.05, 0) is 44.2 Å². The Labute approximate surface area is 195 Å². The van der Waals surface area contributed by atoms with Crippen molar-refractivity contribution in [3.05, 3.63) is 79.5 Å². The van der Waals surface area contributed by atoms with E-state index in [0.29, 0.717) is 25.3 Å². The van der Waals surface area contributed by atoms with Gasteiger partial charge in [0.1, 0.15) is 10.7 Å². The quantitative estimate of drug-likeness (QED) is 0.440. The zero-order valence-corrected chi connectivity index (χ0v) is 19.7. The average molecular weight is 462 g/mol. The van der Waals surface area contributed by atoms with E-state index in [2.05, 4.69) is 32.5 Å². The highest BCUT2D eigenvalue weighted by atomic mass is 32.1. The van der Waals surface area contributed by atoms with Gasteiger partial charge in [0.05, 0.1) is 17.6 Å². The largest absolute Gasteiger partial charge is 0.352 e. The molecule has 1 aliphatic rings. The third-order valence-electron chi connectivity index (χ3n) is 6.38. The minimum atomic E-state index is -0.0770. The maximum Gasteiger partial charge on any atom is 0.259 e. The lowest BCUT2D eigenvalue weighted by Gasteiger charge is -2.08. The van der Waals surface area contributed by atoms with Gasteiger partial charge in [0.15, 0.2) is 0 Å². The molecule has 0 bridgehead atoms. The van der Waals surface area contributed by atoms with E-state index in [4.69, 9.17) is 0 Å². The van der Waals surface area contributed by atoms with Crippen LogP contribution in [0.15, 0.2) is 35.1 Å². The Balaban J connectivity index is 1.20. The molecule has 4 aromatic rings. The highest BCUT2D eigenvalue weighted by molar-refractivity contribution is 7.18. The molecule has 7 nitrogen and oxygen atoms in total. The van der Waals surface area contributed by atoms with Gasteiger partial charge in [-0.3, -0.25) is 14.3 Å². The molecular formula is C25H27N5O2S. The molecule has 0 saturated carbocycles. The van der Waals surface area contributed by atoms with E-state index in [-0.39, 0.29) is 17.9 Å². The minimum absolute atomic E-state index is 0.0685. The van der Waals surface area contributed by atoms with Crippen LogP contribution in [0.25, 0.3) is 10.2 Å². The van der Waals surface area contributed by atoms with Gasteiger partial charge in [-0.2, -0.15) is 5.10 Å². The molecule has 0 radical (unpaired) electrons. The lowest BCUT2D eigenvalue weighted by atomic mass is 10.2. The van der Waals surface area contributed by atoms with Crippen molar-refractivity contribution in [2.24, 2.45) is 0 Å². The van der Waals surface area contributed by atoms with Crippen LogP contribution in [0.3, 0.4) is 0 Å². The number of benzene rings is 1. The molecule has 8 heteroatoms. The zero-order chi connectivity index (χ0) is 22.9. The molecule has 0 atom stereocenters. The van der Waals surface area contributed by atoms with Crippen LogP contribution in [0.1, 0.15) is 51.6 Å². The Hall–Kier alpha value is -3.26. The highest BCUT2D eigenvalue weighted by Gasteiger charge is 2.21. The van der Waals surface area contributed by atoms with Crippen molar-refractivity contribution >= 4 is 27.5 Å². The number of carbonyl (C=O) groups is 1. The van der Waals surface area contributed by atoms with Crippen LogP contribution < -0.4 is 10.9 Å². The van der Waals surface area contributed by atoms with Gasteiger partial charge in [0.2, 0.25) is 5.91 Å². The molecule has 3 heterocycles. The molecule has 5 rings (SSSR count). The van der Waals surface area contributed by atoms with Crippen molar-refractivity contribution in [1.82, 2.24) is 25.1 Å². The maximum atomic E-state index is 12.6. The summed E-state index contributed by atoms with van der Waals surface area (Å²) in [5.41, 5.74) is 5.30. The van der Waals surface area contributed by atoms with Crippen molar-refractivity contribution in [2.45, 2.75) is 59.0 Å². The van der Waals surface area contributed by atoms with Gasteiger partial charge < -0.3 is 10.3 Å². The van der Waals surface area contributed by atoms with Crippen LogP contribution in [-0.4, -0.2) is 25.7 Å². The SMILES string of the molecule is Cc1nn(Cc2ccccc2)c(C)c1CNC(=O)CCc1nc2sc3c(c2c(=O)[nH]1)CCC3. The smallest absolute Gasteiger partial charge is 0.259 e. The van der Waals surface area contributed by atoms with Gasteiger partial charge in [-0.25, -0.2) is 4.98 Å². The van der Waals surface area contributed by atoms with Crippen LogP contribution in [0.5, 0.6) is 0 Å². The Kier molecular flexibility index (Phi) is 5.85. The number of thiophene rings is 1. The summed E-state index contributed by atoms with van der Waals surface area (Å²) in [5, 5.41) is 8.40. The number of hydrogen-bond donors (Lipinski definition) is 2. The first-order valence-electron chi connectivity index (χ1n) is 11.4. The number of nitrogens with zero attached hydrogens (tertiary/aromatic N) is 3. The van der Waals surface area contributed by atoms with Crippen molar-refractivity contribution in [3.63, 3.8) is 0 Å². The summed E-state index contributed by atoms with van der Waals surface area (Å²) in [4.78, 5) is 34.7. The number of hydrogen-bond acceptors (Lipinski definition) is 5. The average Bonchev–Trinajstić information content (AvgIpc) is 3.45. The molecule has 170 valence electrons. The standard InChI is InChI=1S/C25H27N5O2S/c1-15-19(16(2)30(29-15)14-17-7-4-3-5-8-17)13-26-22(31)12-11-21-27-24(32)23-18-9-6-10-20(18)33-25(23)28-21/h3-5,7-8H,6,9-14H2,1-2H3,(H,26,31)(H,27,28,32). The Morgan fingerprint density at radius 2 is 2.03 bits per heavy atom. The first-order chi connectivity index (χ1) is 16.0. The summed E-state index contributed by atoms with van der Waals surface area (Å²) in [7, 11) is 0. The number of nitrogens with one attached hydrogen (secondary N) is 2. The predicted molar refractivity (Wildman–Crippen MR) is 130 cm³/mol. The zero-order valence-electron chi connectivity index (χ0n) is 18.9. The van der Waals surface area contributed by atoms with Crippen LogP contribution >= 0.6 is 11.3 Å². The summed E-state index contributed by atoms with van der Waals surface area (Å²) in [6.45, 7) is 5.14. The molecule has 0 saturated heterocycles. The maximum absolute atomic E-state index is 12.6. The number of H-pyrrole nitrogens is 1. The van der Waals surface area contributed by atoms with Crippen LogP contribution in [0, 0.1) is 13.8 Å². The molecule has 2 N–H and O–H groups in total. The fourth-order valence-electron chi connectivity index (χ4n) is 4.57. The van der Waals surface area contributed by atoms with Crippen LogP contribution in [-0.2, 0) is 37.1 Å². The van der Waals surface area contributed by atoms with E-state index in [1.165, 1.54) is 16.0 Å². The molecule has 1 aliphatic carbocycles. The van der Waals surface area contributed by atoms with Gasteiger partial charge in [-0.15, -0.1) is 11.3 Å². The lowest BCUT2D eigenvalue weighted by molar-refractivity contribution is -0.121. The molecule has 1 aromatic carbocycles. The van der Waals surface area contributed by atoms with Crippen molar-refractivity contribution < 1.29 is 4.79 Å². The number of aryl methyl sites for hydroxylation is 4. The van der Waals surface area contributed by atoms with Crippen LogP contribution in [0.4, 0.5) is 0 Å². The topological polar surface area (TPSA) is 92.7 Å². The second-order valence-corrected chi connectivity index (χ2v) is 9.70. The van der Waals surface area contributed by atoms with E-state index in [1.807, 2.05) is 36.7 Å². The fourth-order valence-corrected chi connectivity index (χ4v) is 5.85. The van der Waals surface area contributed by atoms with E-state index < -0.39 is 0 Å². The highest BCUT2D eigenvalue weighted by Crippen LogP contribution is 2.34. The summed E-state index contributed by atoms with van der Waals surface area (Å²) in [6.07, 6.45) is 3.79. The first kappa shape index (κ1) is 21.6. The molecule has 0 unspecified atom stereocenters. The van der Waals surface area contributed by atoms with Gasteiger partial charge in [0, 0.05) is 35.5 Å². The van der Waals surface area contributed by atoms with Crippen molar-refractivity contribution in [2.75, 3.05) is 0 Å². The number of carbonyl (C=O) groups excluding carboxylic acids is 1. The molecule has 3 aromatic heterocycles. The molecular weight excluding hydrogens is 434 g/mol. The molecule has 33 heavy (non-hydrogen) atoms. The first-order valence-corrected chi connectivity index (χ1v) is 12.2. The second kappa shape index (κ2) is 8.94. The molecule has 0 fully saturated rings. The lowest BCUT2D eigenvalue weighted by Crippen LogP contribution is -2.24. The number of aromatic nitrogens is 4. The van der Waals surface area contributed by atoms with Gasteiger partial charge in [0.25, 0.3) is 5.56 Å². The molecule has 0 aliphatic heterocycles. The normalized spacial score (nSPS) is 12.9. The van der Waals surface area contributed by atoms with Crippen molar-refractivity contribution in [3.8, 4) is 0 Å². The summed E-state index contributed by atoms with van der Waals surface area (Å²) >= 11 is 1.62. The predicted octanol–water partition coefficient (Wildman–Crippen LogP) is 3.58. The van der Waals surface area contributed by atoms with E-state index in [9.17, 15) is 9.59 Å². The summed E-state index contributed by atoms with van der Waals surface area (Å²) in [5.74, 6) is 0.506. The summed E-state index contributed by atoms with van der Waals surface area (Å²) < 4.78 is 1.98. The Morgan fingerprint density at radius 1 is 1.21 bits per heavy atom. The van der Waals surface area contributed by atoms with E-state index in [1.54, 1.807) is 11.3 Å². The third-order valence-corrected chi connectivity index (χ3v) is 7.57. The summed E-state index contributed by atoms with van der Waals surface area (Å²) in [6, 6.07) is 10.2. The minimum Gasteiger partial charge on any atom is -0.352 e. The van der Waals surface area contributed by atoms with Crippen LogP contribution in [0.2, 0.25) is 0 Å². The Bertz CT molecular complexity index is 1380. The number of aromatic amines is 1. The van der Waals surface area contributed by atoms with E-state index >= 15 is 0 Å². The fraction of sp³-hybridized carbons (Fsp3) is 0.360. The van der Waals surface area contributed by atoms with Crippen molar-refractivity contribution in [1.29, 1.82) is 0 Å². The van der Waals surface area contributed by atoms with Gasteiger partial charge in [-0.1, -0.05) is 30.3 Å². The monoisotopic (exact) mass is 461 g/mol.